The Balaban J connectivity index is 3.01. The van der Waals surface area contributed by atoms with Crippen LogP contribution >= 0.6 is 0 Å². The van der Waals surface area contributed by atoms with Crippen LogP contribution in [0.1, 0.15) is 39.1 Å². The molecule has 0 saturated heterocycles. The lowest BCUT2D eigenvalue weighted by Gasteiger charge is -2.30. The van der Waals surface area contributed by atoms with Crippen molar-refractivity contribution in [1.82, 2.24) is 9.97 Å². The van der Waals surface area contributed by atoms with Gasteiger partial charge in [-0.2, -0.15) is 0 Å². The second kappa shape index (κ2) is 7.24. The average Bonchev–Trinajstić information content (AvgIpc) is 2.74. The standard InChI is InChI=1S/C15H24N2O4/c1-6-20-13(18)12(14(19)21-7-2)15(4,5)8-11-10(3)16-9-17-11/h9,12H,6-8H2,1-5H3,(H,16,17). The van der Waals surface area contributed by atoms with Gasteiger partial charge < -0.3 is 14.5 Å². The van der Waals surface area contributed by atoms with Crippen LogP contribution in [0.3, 0.4) is 0 Å². The molecule has 21 heavy (non-hydrogen) atoms. The first-order valence-electron chi connectivity index (χ1n) is 7.15. The van der Waals surface area contributed by atoms with E-state index in [9.17, 15) is 9.59 Å². The molecule has 1 heterocycles. The number of hydrogen-bond acceptors (Lipinski definition) is 5. The number of H-pyrrole nitrogens is 1. The highest BCUT2D eigenvalue weighted by molar-refractivity contribution is 5.95. The number of hydrogen-bond donors (Lipinski definition) is 1. The number of rotatable bonds is 7. The van der Waals surface area contributed by atoms with Crippen LogP contribution in [0.25, 0.3) is 0 Å². The lowest BCUT2D eigenvalue weighted by atomic mass is 9.75. The van der Waals surface area contributed by atoms with Gasteiger partial charge in [0.15, 0.2) is 5.92 Å². The van der Waals surface area contributed by atoms with Crippen molar-refractivity contribution in [3.8, 4) is 0 Å². The average molecular weight is 296 g/mol. The smallest absolute Gasteiger partial charge is 0.320 e. The molecule has 0 aliphatic rings. The molecule has 0 radical (unpaired) electrons. The predicted molar refractivity (Wildman–Crippen MR) is 77.6 cm³/mol. The van der Waals surface area contributed by atoms with Gasteiger partial charge >= 0.3 is 11.9 Å². The van der Waals surface area contributed by atoms with Crippen molar-refractivity contribution in [1.29, 1.82) is 0 Å². The van der Waals surface area contributed by atoms with Crippen LogP contribution in [0.15, 0.2) is 6.33 Å². The van der Waals surface area contributed by atoms with Crippen molar-refractivity contribution in [2.24, 2.45) is 11.3 Å². The van der Waals surface area contributed by atoms with Crippen LogP contribution in [0.4, 0.5) is 0 Å². The van der Waals surface area contributed by atoms with Gasteiger partial charge in [-0.25, -0.2) is 4.98 Å². The van der Waals surface area contributed by atoms with Crippen molar-refractivity contribution in [2.45, 2.75) is 41.0 Å². The maximum Gasteiger partial charge on any atom is 0.320 e. The van der Waals surface area contributed by atoms with Gasteiger partial charge in [-0.15, -0.1) is 0 Å². The first kappa shape index (κ1) is 17.2. The molecule has 0 amide bonds. The van der Waals surface area contributed by atoms with Crippen molar-refractivity contribution >= 4 is 11.9 Å². The minimum absolute atomic E-state index is 0.228. The van der Waals surface area contributed by atoms with Crippen LogP contribution in [0.5, 0.6) is 0 Å². The number of carbonyl (C=O) groups is 2. The monoisotopic (exact) mass is 296 g/mol. The number of aryl methyl sites for hydroxylation is 1. The molecule has 0 aliphatic heterocycles. The van der Waals surface area contributed by atoms with E-state index in [0.29, 0.717) is 6.42 Å². The number of aromatic nitrogens is 2. The molecule has 1 N–H and O–H groups in total. The van der Waals surface area contributed by atoms with Gasteiger partial charge in [0.1, 0.15) is 0 Å². The van der Waals surface area contributed by atoms with Crippen LogP contribution in [0.2, 0.25) is 0 Å². The fourth-order valence-electron chi connectivity index (χ4n) is 2.28. The Morgan fingerprint density at radius 3 is 2.14 bits per heavy atom. The summed E-state index contributed by atoms with van der Waals surface area (Å²) in [5, 5.41) is 0. The van der Waals surface area contributed by atoms with Crippen molar-refractivity contribution in [3.63, 3.8) is 0 Å². The van der Waals surface area contributed by atoms with Crippen molar-refractivity contribution in [2.75, 3.05) is 13.2 Å². The van der Waals surface area contributed by atoms with Crippen LogP contribution in [-0.4, -0.2) is 35.1 Å². The van der Waals surface area contributed by atoms with Crippen LogP contribution in [0, 0.1) is 18.3 Å². The van der Waals surface area contributed by atoms with Crippen molar-refractivity contribution < 1.29 is 19.1 Å². The molecule has 1 aromatic rings. The summed E-state index contributed by atoms with van der Waals surface area (Å²) in [6.45, 7) is 9.48. The van der Waals surface area contributed by atoms with Crippen LogP contribution < -0.4 is 0 Å². The highest BCUT2D eigenvalue weighted by Gasteiger charge is 2.43. The zero-order valence-corrected chi connectivity index (χ0v) is 13.4. The van der Waals surface area contributed by atoms with E-state index < -0.39 is 23.3 Å². The third-order valence-electron chi connectivity index (χ3n) is 3.38. The lowest BCUT2D eigenvalue weighted by Crippen LogP contribution is -2.41. The lowest BCUT2D eigenvalue weighted by molar-refractivity contribution is -0.167. The number of carbonyl (C=O) groups excluding carboxylic acids is 2. The van der Waals surface area contributed by atoms with E-state index in [4.69, 9.17) is 9.47 Å². The highest BCUT2D eigenvalue weighted by atomic mass is 16.6. The number of imidazole rings is 1. The predicted octanol–water partition coefficient (Wildman–Crippen LogP) is 2.03. The number of esters is 2. The molecule has 0 aromatic carbocycles. The van der Waals surface area contributed by atoms with Gasteiger partial charge in [0.25, 0.3) is 0 Å². The Bertz CT molecular complexity index is 476. The van der Waals surface area contributed by atoms with Gasteiger partial charge in [-0.3, -0.25) is 9.59 Å². The number of ether oxygens (including phenoxy) is 2. The molecule has 0 fully saturated rings. The third kappa shape index (κ3) is 4.31. The van der Waals surface area contributed by atoms with Gasteiger partial charge in [-0.1, -0.05) is 13.8 Å². The largest absolute Gasteiger partial charge is 0.465 e. The van der Waals surface area contributed by atoms with E-state index in [1.807, 2.05) is 20.8 Å². The number of nitrogens with one attached hydrogen (secondary N) is 1. The summed E-state index contributed by atoms with van der Waals surface area (Å²) in [6.07, 6.45) is 2.08. The molecule has 0 unspecified atom stereocenters. The highest BCUT2D eigenvalue weighted by Crippen LogP contribution is 2.33. The molecule has 6 heteroatoms. The van der Waals surface area contributed by atoms with E-state index in [1.165, 1.54) is 0 Å². The molecular weight excluding hydrogens is 272 g/mol. The molecule has 6 nitrogen and oxygen atoms in total. The molecule has 118 valence electrons. The van der Waals surface area contributed by atoms with Crippen molar-refractivity contribution in [3.05, 3.63) is 17.7 Å². The Kier molecular flexibility index (Phi) is 5.93. The molecule has 0 bridgehead atoms. The third-order valence-corrected chi connectivity index (χ3v) is 3.38. The Morgan fingerprint density at radius 1 is 1.24 bits per heavy atom. The Hall–Kier alpha value is -1.85. The Labute approximate surface area is 125 Å². The molecule has 0 atom stereocenters. The quantitative estimate of drug-likeness (QED) is 0.615. The zero-order valence-electron chi connectivity index (χ0n) is 13.4. The summed E-state index contributed by atoms with van der Waals surface area (Å²) in [5.74, 6) is -2.06. The number of aromatic amines is 1. The number of nitrogens with zero attached hydrogens (tertiary/aromatic N) is 1. The first-order chi connectivity index (χ1) is 9.83. The maximum atomic E-state index is 12.2. The molecular formula is C15H24N2O4. The topological polar surface area (TPSA) is 81.3 Å². The summed E-state index contributed by atoms with van der Waals surface area (Å²) in [7, 11) is 0. The molecule has 1 rings (SSSR count). The van der Waals surface area contributed by atoms with Crippen LogP contribution in [-0.2, 0) is 25.5 Å². The van der Waals surface area contributed by atoms with Gasteiger partial charge in [0, 0.05) is 5.69 Å². The summed E-state index contributed by atoms with van der Waals surface area (Å²) in [4.78, 5) is 31.6. The van der Waals surface area contributed by atoms with Gasteiger partial charge in [0.2, 0.25) is 0 Å². The zero-order chi connectivity index (χ0) is 16.0. The van der Waals surface area contributed by atoms with E-state index in [2.05, 4.69) is 9.97 Å². The van der Waals surface area contributed by atoms with E-state index in [0.717, 1.165) is 11.4 Å². The van der Waals surface area contributed by atoms with E-state index in [1.54, 1.807) is 20.2 Å². The first-order valence-corrected chi connectivity index (χ1v) is 7.15. The summed E-state index contributed by atoms with van der Waals surface area (Å²) < 4.78 is 10.1. The minimum Gasteiger partial charge on any atom is -0.465 e. The summed E-state index contributed by atoms with van der Waals surface area (Å²) in [5.41, 5.74) is 1.10. The minimum atomic E-state index is -0.964. The summed E-state index contributed by atoms with van der Waals surface area (Å²) in [6, 6.07) is 0. The normalized spacial score (nSPS) is 11.5. The molecule has 0 aliphatic carbocycles. The fraction of sp³-hybridized carbons (Fsp3) is 0.667. The SMILES string of the molecule is CCOC(=O)C(C(=O)OCC)C(C)(C)Cc1nc[nH]c1C. The van der Waals surface area contributed by atoms with Gasteiger partial charge in [0.05, 0.1) is 25.2 Å². The van der Waals surface area contributed by atoms with Gasteiger partial charge in [-0.05, 0) is 32.6 Å². The Morgan fingerprint density at radius 2 is 1.76 bits per heavy atom. The second-order valence-corrected chi connectivity index (χ2v) is 5.58. The maximum absolute atomic E-state index is 12.2. The van der Waals surface area contributed by atoms with E-state index in [-0.39, 0.29) is 13.2 Å². The second-order valence-electron chi connectivity index (χ2n) is 5.58. The molecule has 0 spiro atoms. The fourth-order valence-corrected chi connectivity index (χ4v) is 2.28. The molecule has 1 aromatic heterocycles. The molecule has 0 saturated carbocycles. The summed E-state index contributed by atoms with van der Waals surface area (Å²) >= 11 is 0. The van der Waals surface area contributed by atoms with E-state index >= 15 is 0 Å².